The molecule has 62 heavy (non-hydrogen) atoms. The largest absolute Gasteiger partial charge is 0.311 e. The minimum atomic E-state index is -0.0108. The van der Waals surface area contributed by atoms with Gasteiger partial charge in [0.2, 0.25) is 0 Å². The molecule has 0 N–H and O–H groups in total. The molecule has 0 spiro atoms. The van der Waals surface area contributed by atoms with Gasteiger partial charge in [-0.2, -0.15) is 0 Å². The van der Waals surface area contributed by atoms with Crippen LogP contribution in [0.15, 0.2) is 103 Å². The molecule has 0 saturated heterocycles. The average Bonchev–Trinajstić information content (AvgIpc) is 3.57. The average molecular weight is 831 g/mol. The SMILES string of the molecule is Cc1cc2c3c(c1)N(c1ccc(C(C)(C)C)cc1)c1c(sc4cc5c(cc14)C(C)(C)CCC5(C)C)B3c1cc(C(C)(C)C)ccc1N2c1cc(-c2c(C)cccc2C)ccc1C. The van der Waals surface area contributed by atoms with E-state index in [1.165, 1.54) is 128 Å². The summed E-state index contributed by atoms with van der Waals surface area (Å²) in [6.07, 6.45) is 2.40. The molecule has 1 aromatic heterocycles. The molecule has 0 saturated carbocycles. The van der Waals surface area contributed by atoms with E-state index in [4.69, 9.17) is 0 Å². The summed E-state index contributed by atoms with van der Waals surface area (Å²) in [5, 5.41) is 1.39. The fourth-order valence-corrected chi connectivity index (χ4v) is 12.4. The molecule has 0 bridgehead atoms. The second-order valence-corrected chi connectivity index (χ2v) is 23.5. The predicted octanol–water partition coefficient (Wildman–Crippen LogP) is 14.8. The molecule has 1 aliphatic carbocycles. The van der Waals surface area contributed by atoms with Gasteiger partial charge in [0.05, 0.1) is 5.69 Å². The number of anilines is 6. The van der Waals surface area contributed by atoms with Crippen LogP contribution in [-0.4, -0.2) is 6.71 Å². The third-order valence-corrected chi connectivity index (χ3v) is 16.1. The predicted molar refractivity (Wildman–Crippen MR) is 273 cm³/mol. The molecule has 2 aliphatic heterocycles. The summed E-state index contributed by atoms with van der Waals surface area (Å²) < 4.78 is 2.85. The summed E-state index contributed by atoms with van der Waals surface area (Å²) in [5.74, 6) is 0. The molecule has 2 nitrogen and oxygen atoms in total. The molecule has 0 fully saturated rings. The van der Waals surface area contributed by atoms with Gasteiger partial charge in [0.1, 0.15) is 0 Å². The zero-order valence-corrected chi connectivity index (χ0v) is 40.4. The van der Waals surface area contributed by atoms with Gasteiger partial charge >= 0.3 is 0 Å². The van der Waals surface area contributed by atoms with E-state index in [0.29, 0.717) is 0 Å². The number of nitrogens with zero attached hydrogens (tertiary/aromatic N) is 2. The van der Waals surface area contributed by atoms with Crippen LogP contribution in [0, 0.1) is 27.7 Å². The summed E-state index contributed by atoms with van der Waals surface area (Å²) in [7, 11) is 0. The highest BCUT2D eigenvalue weighted by Gasteiger charge is 2.47. The van der Waals surface area contributed by atoms with E-state index in [9.17, 15) is 0 Å². The minimum Gasteiger partial charge on any atom is -0.311 e. The van der Waals surface area contributed by atoms with Crippen LogP contribution < -0.4 is 25.5 Å². The Balaban J connectivity index is 1.32. The first-order valence-corrected chi connectivity index (χ1v) is 23.7. The highest BCUT2D eigenvalue weighted by molar-refractivity contribution is 7.33. The van der Waals surface area contributed by atoms with Gasteiger partial charge in [-0.25, -0.2) is 0 Å². The lowest BCUT2D eigenvalue weighted by Gasteiger charge is -2.44. The van der Waals surface area contributed by atoms with Gasteiger partial charge in [-0.1, -0.05) is 124 Å². The molecule has 4 heteroatoms. The number of fused-ring (bicyclic) bond motifs is 7. The van der Waals surface area contributed by atoms with Gasteiger partial charge < -0.3 is 9.80 Å². The Morgan fingerprint density at radius 1 is 0.565 bits per heavy atom. The maximum absolute atomic E-state index is 2.66. The number of benzene rings is 6. The van der Waals surface area contributed by atoms with Crippen LogP contribution in [0.1, 0.15) is 127 Å². The Labute approximate surface area is 376 Å². The third-order valence-electron chi connectivity index (χ3n) is 14.9. The molecule has 7 aromatic rings. The lowest BCUT2D eigenvalue weighted by atomic mass is 9.36. The highest BCUT2D eigenvalue weighted by Crippen LogP contribution is 2.53. The van der Waals surface area contributed by atoms with Gasteiger partial charge in [0.15, 0.2) is 0 Å². The van der Waals surface area contributed by atoms with Crippen molar-refractivity contribution in [3.63, 3.8) is 0 Å². The van der Waals surface area contributed by atoms with Crippen molar-refractivity contribution in [3.8, 4) is 11.1 Å². The monoisotopic (exact) mass is 830 g/mol. The number of hydrogen-bond donors (Lipinski definition) is 0. The lowest BCUT2D eigenvalue weighted by molar-refractivity contribution is 0.332. The molecular weight excluding hydrogens is 768 g/mol. The van der Waals surface area contributed by atoms with E-state index < -0.39 is 0 Å². The zero-order valence-electron chi connectivity index (χ0n) is 39.6. The van der Waals surface area contributed by atoms with Crippen LogP contribution in [0.2, 0.25) is 0 Å². The van der Waals surface area contributed by atoms with Crippen molar-refractivity contribution in [1.82, 2.24) is 0 Å². The molecule has 3 aliphatic rings. The summed E-state index contributed by atoms with van der Waals surface area (Å²) in [6.45, 7) is 33.1. The van der Waals surface area contributed by atoms with E-state index >= 15 is 0 Å². The first-order chi connectivity index (χ1) is 29.1. The Morgan fingerprint density at radius 3 is 1.79 bits per heavy atom. The molecule has 10 rings (SSSR count). The summed E-state index contributed by atoms with van der Waals surface area (Å²) in [6, 6.07) is 40.9. The van der Waals surface area contributed by atoms with Crippen molar-refractivity contribution in [1.29, 1.82) is 0 Å². The van der Waals surface area contributed by atoms with Gasteiger partial charge in [-0.15, -0.1) is 11.3 Å². The molecule has 314 valence electrons. The maximum Gasteiger partial charge on any atom is 0.264 e. The Morgan fingerprint density at radius 2 is 1.16 bits per heavy atom. The minimum absolute atomic E-state index is 0.0108. The van der Waals surface area contributed by atoms with Crippen molar-refractivity contribution in [2.24, 2.45) is 0 Å². The number of hydrogen-bond acceptors (Lipinski definition) is 3. The smallest absolute Gasteiger partial charge is 0.264 e. The Hall–Kier alpha value is -5.06. The van der Waals surface area contributed by atoms with Crippen LogP contribution in [0.25, 0.3) is 21.2 Å². The van der Waals surface area contributed by atoms with Crippen molar-refractivity contribution in [3.05, 3.63) is 148 Å². The highest BCUT2D eigenvalue weighted by atomic mass is 32.1. The van der Waals surface area contributed by atoms with Crippen molar-refractivity contribution < 1.29 is 0 Å². The van der Waals surface area contributed by atoms with Crippen LogP contribution in [0.4, 0.5) is 34.1 Å². The molecule has 3 heterocycles. The molecular formula is C58H63BN2S. The van der Waals surface area contributed by atoms with Gasteiger partial charge in [0.25, 0.3) is 6.71 Å². The molecule has 6 aromatic carbocycles. The van der Waals surface area contributed by atoms with E-state index in [1.54, 1.807) is 0 Å². The second kappa shape index (κ2) is 13.7. The quantitative estimate of drug-likeness (QED) is 0.164. The number of rotatable bonds is 3. The zero-order chi connectivity index (χ0) is 44.0. The van der Waals surface area contributed by atoms with Crippen LogP contribution >= 0.6 is 11.3 Å². The van der Waals surface area contributed by atoms with Gasteiger partial charge in [0, 0.05) is 43.3 Å². The molecule has 0 atom stereocenters. The lowest BCUT2D eigenvalue weighted by Crippen LogP contribution is -2.60. The van der Waals surface area contributed by atoms with Crippen LogP contribution in [-0.2, 0) is 21.7 Å². The van der Waals surface area contributed by atoms with E-state index in [2.05, 4.69) is 210 Å². The van der Waals surface area contributed by atoms with Gasteiger partial charge in [-0.05, 0) is 177 Å². The second-order valence-electron chi connectivity index (χ2n) is 22.4. The van der Waals surface area contributed by atoms with Crippen LogP contribution in [0.5, 0.6) is 0 Å². The van der Waals surface area contributed by atoms with E-state index in [1.807, 2.05) is 11.3 Å². The summed E-state index contributed by atoms with van der Waals surface area (Å²) in [4.78, 5) is 5.28. The van der Waals surface area contributed by atoms with Crippen LogP contribution in [0.3, 0.4) is 0 Å². The Bertz CT molecular complexity index is 2960. The Kier molecular flexibility index (Phi) is 9.07. The number of thiophene rings is 1. The first-order valence-electron chi connectivity index (χ1n) is 22.9. The van der Waals surface area contributed by atoms with Crippen molar-refractivity contribution in [2.45, 2.75) is 131 Å². The topological polar surface area (TPSA) is 6.48 Å². The molecule has 0 radical (unpaired) electrons. The summed E-state index contributed by atoms with van der Waals surface area (Å²) >= 11 is 2.04. The fourth-order valence-electron chi connectivity index (χ4n) is 11.1. The van der Waals surface area contributed by atoms with E-state index in [0.717, 1.165) is 0 Å². The number of aryl methyl sites for hydroxylation is 4. The first kappa shape index (κ1) is 41.0. The molecule has 0 amide bonds. The normalized spacial score (nSPS) is 16.3. The van der Waals surface area contributed by atoms with Gasteiger partial charge in [-0.3, -0.25) is 0 Å². The fraction of sp³-hybridized carbons (Fsp3) is 0.345. The third kappa shape index (κ3) is 6.25. The van der Waals surface area contributed by atoms with E-state index in [-0.39, 0.29) is 28.4 Å². The standard InChI is InChI=1S/C58H63BN2S/c1-34-28-48-52-49(29-34)61(47-30-38(19-18-35(47)2)51-36(3)16-15-17-37(51)4)46-25-22-40(56(8,9)10)31-45(46)59(52)54-53(60(48)41-23-20-39(21-24-41)55(5,6)7)42-32-43-44(33-50(42)62-54)58(13,14)27-26-57(43,11)12/h15-25,28-33H,26-27H2,1-14H3. The summed E-state index contributed by atoms with van der Waals surface area (Å²) in [5.41, 5.74) is 24.2. The van der Waals surface area contributed by atoms with Crippen molar-refractivity contribution >= 4 is 78.0 Å². The maximum atomic E-state index is 2.66. The van der Waals surface area contributed by atoms with Crippen molar-refractivity contribution in [2.75, 3.05) is 9.80 Å². The molecule has 0 unspecified atom stereocenters.